The smallest absolute Gasteiger partial charge is 0.133 e. The Morgan fingerprint density at radius 1 is 0.893 bits per heavy atom. The van der Waals surface area contributed by atoms with E-state index in [-0.39, 0.29) is 0 Å². The quantitative estimate of drug-likeness (QED) is 0.332. The number of nitriles is 1. The Kier molecular flexibility index (Phi) is 6.42. The third-order valence-electron chi connectivity index (χ3n) is 10.5. The number of unbranched alkanes of at least 4 members (excludes halogenated alkanes) is 2. The summed E-state index contributed by atoms with van der Waals surface area (Å²) in [5.41, 5.74) is 1.32. The predicted octanol–water partition coefficient (Wildman–Crippen LogP) is 8.06. The van der Waals surface area contributed by atoms with Gasteiger partial charge in [-0.2, -0.15) is 5.26 Å². The van der Waals surface area contributed by atoms with Crippen LogP contribution in [0.2, 0.25) is 0 Å². The van der Waals surface area contributed by atoms with Crippen LogP contribution in [0.3, 0.4) is 0 Å². The second-order valence-electron chi connectivity index (χ2n) is 11.6. The van der Waals surface area contributed by atoms with E-state index in [9.17, 15) is 0 Å². The van der Waals surface area contributed by atoms with Gasteiger partial charge >= 0.3 is 0 Å². The number of hydrogen-bond acceptors (Lipinski definition) is 2. The van der Waals surface area contributed by atoms with Crippen molar-refractivity contribution in [3.8, 4) is 5.40 Å². The van der Waals surface area contributed by atoms with Crippen molar-refractivity contribution in [3.63, 3.8) is 0 Å². The van der Waals surface area contributed by atoms with Gasteiger partial charge < -0.3 is 0 Å². The molecule has 4 aliphatic rings. The minimum Gasteiger partial charge on any atom is -0.185 e. The molecule has 2 heteroatoms. The van der Waals surface area contributed by atoms with Gasteiger partial charge in [0.15, 0.2) is 0 Å². The van der Waals surface area contributed by atoms with Crippen LogP contribution >= 0.6 is 11.8 Å². The number of nitrogens with zero attached hydrogens (tertiary/aromatic N) is 1. The van der Waals surface area contributed by atoms with Crippen molar-refractivity contribution in [1.29, 1.82) is 5.26 Å². The highest BCUT2D eigenvalue weighted by atomic mass is 32.2. The van der Waals surface area contributed by atoms with Crippen LogP contribution in [0.25, 0.3) is 0 Å². The van der Waals surface area contributed by atoms with Crippen molar-refractivity contribution < 1.29 is 0 Å². The van der Waals surface area contributed by atoms with E-state index < -0.39 is 0 Å². The molecule has 4 aliphatic carbocycles. The van der Waals surface area contributed by atoms with Gasteiger partial charge in [0.25, 0.3) is 0 Å². The first-order chi connectivity index (χ1) is 13.5. The zero-order valence-corrected chi connectivity index (χ0v) is 19.5. The van der Waals surface area contributed by atoms with Gasteiger partial charge in [-0.1, -0.05) is 40.0 Å². The van der Waals surface area contributed by atoms with E-state index in [0.717, 1.165) is 41.3 Å². The lowest BCUT2D eigenvalue weighted by Gasteiger charge is -2.61. The highest BCUT2D eigenvalue weighted by Gasteiger charge is 2.59. The molecule has 0 heterocycles. The van der Waals surface area contributed by atoms with Crippen LogP contribution in [0.15, 0.2) is 0 Å². The molecule has 4 fully saturated rings. The van der Waals surface area contributed by atoms with Gasteiger partial charge in [0, 0.05) is 5.75 Å². The van der Waals surface area contributed by atoms with Gasteiger partial charge in [-0.15, -0.1) is 0 Å². The maximum Gasteiger partial charge on any atom is 0.133 e. The maximum atomic E-state index is 8.67. The van der Waals surface area contributed by atoms with Gasteiger partial charge in [-0.3, -0.25) is 0 Å². The molecular weight excluding hydrogens is 358 g/mol. The summed E-state index contributed by atoms with van der Waals surface area (Å²) >= 11 is 1.43. The molecule has 0 aromatic rings. The van der Waals surface area contributed by atoms with E-state index in [4.69, 9.17) is 5.26 Å². The third-order valence-corrected chi connectivity index (χ3v) is 11.1. The minimum atomic E-state index is 0.647. The molecule has 8 unspecified atom stereocenters. The van der Waals surface area contributed by atoms with Crippen LogP contribution in [-0.2, 0) is 0 Å². The number of rotatable bonds is 6. The van der Waals surface area contributed by atoms with Crippen molar-refractivity contribution in [3.05, 3.63) is 0 Å². The lowest BCUT2D eigenvalue weighted by molar-refractivity contribution is -0.117. The Morgan fingerprint density at radius 3 is 2.50 bits per heavy atom. The van der Waals surface area contributed by atoms with Crippen LogP contribution in [0, 0.1) is 57.0 Å². The standard InChI is InChI=1S/C26H43NS/c1-19-12-14-26(3)21(17-19)8-10-22-23-11-9-20(7-5-4-6-16-28-18-27)25(23,2)15-13-24(22)26/h19-24H,4-17H2,1-3H3. The molecule has 0 aromatic heterocycles. The van der Waals surface area contributed by atoms with Crippen molar-refractivity contribution in [1.82, 2.24) is 0 Å². The molecule has 158 valence electrons. The maximum absolute atomic E-state index is 8.67. The summed E-state index contributed by atoms with van der Waals surface area (Å²) in [6.07, 6.45) is 19.1. The Morgan fingerprint density at radius 2 is 1.68 bits per heavy atom. The molecule has 0 amide bonds. The second-order valence-corrected chi connectivity index (χ2v) is 12.5. The van der Waals surface area contributed by atoms with E-state index in [0.29, 0.717) is 10.8 Å². The fraction of sp³-hybridized carbons (Fsp3) is 0.962. The summed E-state index contributed by atoms with van der Waals surface area (Å²) in [4.78, 5) is 0. The molecule has 1 nitrogen and oxygen atoms in total. The summed E-state index contributed by atoms with van der Waals surface area (Å²) in [7, 11) is 0. The zero-order valence-electron chi connectivity index (χ0n) is 18.7. The van der Waals surface area contributed by atoms with Gasteiger partial charge in [0.1, 0.15) is 5.40 Å². The monoisotopic (exact) mass is 401 g/mol. The molecule has 0 aromatic carbocycles. The van der Waals surface area contributed by atoms with E-state index >= 15 is 0 Å². The van der Waals surface area contributed by atoms with Gasteiger partial charge in [0.2, 0.25) is 0 Å². The Bertz CT molecular complexity index is 581. The summed E-state index contributed by atoms with van der Waals surface area (Å²) in [6, 6.07) is 0. The van der Waals surface area contributed by atoms with Crippen LogP contribution < -0.4 is 0 Å². The molecule has 0 bridgehead atoms. The minimum absolute atomic E-state index is 0.647. The summed E-state index contributed by atoms with van der Waals surface area (Å²) in [6.45, 7) is 7.92. The molecule has 0 radical (unpaired) electrons. The molecule has 8 atom stereocenters. The van der Waals surface area contributed by atoms with E-state index in [1.807, 2.05) is 0 Å². The van der Waals surface area contributed by atoms with Crippen LogP contribution in [-0.4, -0.2) is 5.75 Å². The normalized spacial score (nSPS) is 47.6. The van der Waals surface area contributed by atoms with Crippen molar-refractivity contribution >= 4 is 11.8 Å². The second kappa shape index (κ2) is 8.53. The first kappa shape index (κ1) is 21.1. The molecule has 0 aliphatic heterocycles. The molecule has 28 heavy (non-hydrogen) atoms. The average Bonchev–Trinajstić information content (AvgIpc) is 3.01. The molecule has 0 N–H and O–H groups in total. The Hall–Kier alpha value is -0.160. The number of thiocyanates is 1. The highest BCUT2D eigenvalue weighted by molar-refractivity contribution is 8.03. The van der Waals surface area contributed by atoms with Crippen LogP contribution in [0.5, 0.6) is 0 Å². The van der Waals surface area contributed by atoms with Crippen molar-refractivity contribution in [2.24, 2.45) is 46.3 Å². The lowest BCUT2D eigenvalue weighted by Crippen LogP contribution is -2.53. The summed E-state index contributed by atoms with van der Waals surface area (Å²) < 4.78 is 0. The predicted molar refractivity (Wildman–Crippen MR) is 121 cm³/mol. The fourth-order valence-corrected chi connectivity index (χ4v) is 9.28. The van der Waals surface area contributed by atoms with E-state index in [2.05, 4.69) is 26.2 Å². The Labute approximate surface area is 178 Å². The first-order valence-corrected chi connectivity index (χ1v) is 13.5. The van der Waals surface area contributed by atoms with Gasteiger partial charge in [-0.25, -0.2) is 0 Å². The van der Waals surface area contributed by atoms with Gasteiger partial charge in [-0.05, 0) is 122 Å². The van der Waals surface area contributed by atoms with Gasteiger partial charge in [0.05, 0.1) is 0 Å². The zero-order chi connectivity index (χ0) is 19.8. The molecular formula is C26H43NS. The van der Waals surface area contributed by atoms with E-state index in [1.165, 1.54) is 88.8 Å². The van der Waals surface area contributed by atoms with Crippen molar-refractivity contribution in [2.45, 2.75) is 104 Å². The number of fused-ring (bicyclic) bond motifs is 5. The average molecular weight is 402 g/mol. The summed E-state index contributed by atoms with van der Waals surface area (Å²) in [5.74, 6) is 7.14. The Balaban J connectivity index is 1.38. The number of hydrogen-bond donors (Lipinski definition) is 0. The molecule has 4 saturated carbocycles. The SMILES string of the molecule is CC1CCC2(C)C(CCC3C4CCC(CCCCCSC#N)C4(C)CCC32)C1. The molecule has 0 spiro atoms. The van der Waals surface area contributed by atoms with Crippen LogP contribution in [0.4, 0.5) is 0 Å². The molecule has 0 saturated heterocycles. The summed E-state index contributed by atoms with van der Waals surface area (Å²) in [5, 5.41) is 10.9. The molecule has 4 rings (SSSR count). The van der Waals surface area contributed by atoms with Crippen LogP contribution in [0.1, 0.15) is 104 Å². The topological polar surface area (TPSA) is 23.8 Å². The highest BCUT2D eigenvalue weighted by Crippen LogP contribution is 2.68. The largest absolute Gasteiger partial charge is 0.185 e. The third kappa shape index (κ3) is 3.68. The van der Waals surface area contributed by atoms with Crippen molar-refractivity contribution in [2.75, 3.05) is 5.75 Å². The van der Waals surface area contributed by atoms with E-state index in [1.54, 1.807) is 6.42 Å². The first-order valence-electron chi connectivity index (χ1n) is 12.5. The fourth-order valence-electron chi connectivity index (χ4n) is 8.84. The number of thioether (sulfide) groups is 1. The lowest BCUT2D eigenvalue weighted by atomic mass is 9.44.